The Bertz CT molecular complexity index is 530. The standard InChI is InChI=1S/C13H13F13O2/c1-3-6(2)7(27)28-5-4-8(11(18,19)20,12(21,22)23)9(14,15)10(16,17)13(24,25)26/h6H,3-5H2,1-2H3. The van der Waals surface area contributed by atoms with E-state index in [1.807, 2.05) is 0 Å². The van der Waals surface area contributed by atoms with Crippen molar-refractivity contribution in [1.29, 1.82) is 0 Å². The van der Waals surface area contributed by atoms with Gasteiger partial charge in [-0.3, -0.25) is 4.79 Å². The van der Waals surface area contributed by atoms with Crippen LogP contribution in [0.2, 0.25) is 0 Å². The zero-order chi connectivity index (χ0) is 23.0. The topological polar surface area (TPSA) is 26.3 Å². The van der Waals surface area contributed by atoms with Gasteiger partial charge in [0, 0.05) is 6.42 Å². The van der Waals surface area contributed by atoms with E-state index in [1.54, 1.807) is 0 Å². The van der Waals surface area contributed by atoms with E-state index in [0.717, 1.165) is 6.92 Å². The van der Waals surface area contributed by atoms with E-state index in [0.29, 0.717) is 0 Å². The lowest BCUT2D eigenvalue weighted by Crippen LogP contribution is -2.70. The molecule has 1 atom stereocenters. The summed E-state index contributed by atoms with van der Waals surface area (Å²) < 4.78 is 172. The Morgan fingerprint density at radius 3 is 1.43 bits per heavy atom. The molecule has 0 aliphatic carbocycles. The molecule has 0 aromatic carbocycles. The summed E-state index contributed by atoms with van der Waals surface area (Å²) >= 11 is 0. The molecule has 0 fully saturated rings. The SMILES string of the molecule is CCC(C)C(=O)OCCC(C(F)(F)F)(C(F)(F)F)C(F)(F)C(F)(F)C(F)(F)F. The van der Waals surface area contributed by atoms with Crippen LogP contribution in [-0.4, -0.2) is 43.0 Å². The van der Waals surface area contributed by atoms with Crippen LogP contribution in [0.3, 0.4) is 0 Å². The van der Waals surface area contributed by atoms with E-state index < -0.39 is 60.7 Å². The normalized spacial score (nSPS) is 16.1. The van der Waals surface area contributed by atoms with Gasteiger partial charge in [0.1, 0.15) is 0 Å². The van der Waals surface area contributed by atoms with Gasteiger partial charge in [-0.25, -0.2) is 0 Å². The number of esters is 1. The first-order valence-electron chi connectivity index (χ1n) is 7.24. The molecule has 0 aliphatic heterocycles. The van der Waals surface area contributed by atoms with Crippen molar-refractivity contribution in [2.75, 3.05) is 6.61 Å². The van der Waals surface area contributed by atoms with E-state index in [9.17, 15) is 61.9 Å². The molecule has 0 N–H and O–H groups in total. The number of ether oxygens (including phenoxy) is 1. The smallest absolute Gasteiger partial charge is 0.459 e. The second kappa shape index (κ2) is 7.76. The van der Waals surface area contributed by atoms with Crippen LogP contribution in [0.15, 0.2) is 0 Å². The summed E-state index contributed by atoms with van der Waals surface area (Å²) in [6.45, 7) is 0.293. The predicted octanol–water partition coefficient (Wildman–Crippen LogP) is 5.91. The number of alkyl halides is 13. The highest BCUT2D eigenvalue weighted by molar-refractivity contribution is 5.71. The van der Waals surface area contributed by atoms with Crippen LogP contribution < -0.4 is 0 Å². The van der Waals surface area contributed by atoms with Gasteiger partial charge in [0.15, 0.2) is 0 Å². The largest absolute Gasteiger partial charge is 0.465 e. The minimum absolute atomic E-state index is 0.0369. The summed E-state index contributed by atoms with van der Waals surface area (Å²) in [4.78, 5) is 11.3. The van der Waals surface area contributed by atoms with E-state index in [4.69, 9.17) is 0 Å². The summed E-state index contributed by atoms with van der Waals surface area (Å²) in [5.74, 6) is -18.0. The van der Waals surface area contributed by atoms with Gasteiger partial charge in [0.05, 0.1) is 12.5 Å². The molecule has 0 spiro atoms. The Morgan fingerprint density at radius 1 is 0.750 bits per heavy atom. The minimum Gasteiger partial charge on any atom is -0.465 e. The van der Waals surface area contributed by atoms with Gasteiger partial charge >= 0.3 is 36.3 Å². The third kappa shape index (κ3) is 4.26. The number of hydrogen-bond donors (Lipinski definition) is 0. The summed E-state index contributed by atoms with van der Waals surface area (Å²) in [6.07, 6.45) is -25.2. The van der Waals surface area contributed by atoms with Gasteiger partial charge in [-0.05, 0) is 6.42 Å². The van der Waals surface area contributed by atoms with E-state index in [1.165, 1.54) is 6.92 Å². The van der Waals surface area contributed by atoms with Crippen LogP contribution in [0.4, 0.5) is 57.1 Å². The number of hydrogen-bond acceptors (Lipinski definition) is 2. The van der Waals surface area contributed by atoms with Crippen LogP contribution in [-0.2, 0) is 9.53 Å². The molecule has 0 radical (unpaired) electrons. The zero-order valence-electron chi connectivity index (χ0n) is 13.9. The summed E-state index contributed by atoms with van der Waals surface area (Å²) in [5.41, 5.74) is -6.85. The molecule has 0 amide bonds. The monoisotopic (exact) mass is 448 g/mol. The molecule has 1 unspecified atom stereocenters. The number of halogens is 13. The Hall–Kier alpha value is -1.44. The van der Waals surface area contributed by atoms with Crippen molar-refractivity contribution in [3.63, 3.8) is 0 Å². The predicted molar refractivity (Wildman–Crippen MR) is 65.5 cm³/mol. The zero-order valence-corrected chi connectivity index (χ0v) is 13.9. The number of carbonyl (C=O) groups is 1. The van der Waals surface area contributed by atoms with Gasteiger partial charge in [-0.2, -0.15) is 57.1 Å². The quantitative estimate of drug-likeness (QED) is 0.358. The molecule has 0 aromatic rings. The van der Waals surface area contributed by atoms with Crippen molar-refractivity contribution in [3.05, 3.63) is 0 Å². The average Bonchev–Trinajstić information content (AvgIpc) is 2.45. The van der Waals surface area contributed by atoms with Crippen molar-refractivity contribution in [2.24, 2.45) is 11.3 Å². The molecule has 15 heteroatoms. The third-order valence-electron chi connectivity index (χ3n) is 3.99. The minimum atomic E-state index is -7.71. The molecule has 0 saturated carbocycles. The second-order valence-corrected chi connectivity index (χ2v) is 5.77. The lowest BCUT2D eigenvalue weighted by molar-refractivity contribution is -0.462. The van der Waals surface area contributed by atoms with Crippen LogP contribution in [0.5, 0.6) is 0 Å². The van der Waals surface area contributed by atoms with E-state index in [2.05, 4.69) is 4.74 Å². The molecule has 0 rings (SSSR count). The highest BCUT2D eigenvalue weighted by atomic mass is 19.4. The van der Waals surface area contributed by atoms with Crippen LogP contribution in [0.1, 0.15) is 26.7 Å². The maximum absolute atomic E-state index is 13.7. The van der Waals surface area contributed by atoms with Gasteiger partial charge in [-0.15, -0.1) is 0 Å². The van der Waals surface area contributed by atoms with Crippen molar-refractivity contribution < 1.29 is 66.6 Å². The first kappa shape index (κ1) is 26.6. The Kier molecular flexibility index (Phi) is 7.37. The Morgan fingerprint density at radius 2 is 1.14 bits per heavy atom. The average molecular weight is 448 g/mol. The Labute approximate surface area is 149 Å². The summed E-state index contributed by atoms with van der Waals surface area (Å²) in [6, 6.07) is 0. The van der Waals surface area contributed by atoms with Crippen molar-refractivity contribution >= 4 is 5.97 Å². The van der Waals surface area contributed by atoms with E-state index in [-0.39, 0.29) is 6.42 Å². The fraction of sp³-hybridized carbons (Fsp3) is 0.923. The maximum Gasteiger partial charge on any atom is 0.459 e. The van der Waals surface area contributed by atoms with Crippen molar-refractivity contribution in [3.8, 4) is 0 Å². The maximum atomic E-state index is 13.7. The van der Waals surface area contributed by atoms with Gasteiger partial charge < -0.3 is 4.74 Å². The van der Waals surface area contributed by atoms with Gasteiger partial charge in [-0.1, -0.05) is 13.8 Å². The number of carbonyl (C=O) groups excluding carboxylic acids is 1. The van der Waals surface area contributed by atoms with Crippen molar-refractivity contribution in [1.82, 2.24) is 0 Å². The second-order valence-electron chi connectivity index (χ2n) is 5.77. The molecule has 0 saturated heterocycles. The highest BCUT2D eigenvalue weighted by Gasteiger charge is 2.91. The van der Waals surface area contributed by atoms with Gasteiger partial charge in [0.25, 0.3) is 0 Å². The lowest BCUT2D eigenvalue weighted by atomic mass is 9.73. The fourth-order valence-electron chi connectivity index (χ4n) is 2.02. The molecule has 28 heavy (non-hydrogen) atoms. The first-order valence-corrected chi connectivity index (χ1v) is 7.24. The first-order chi connectivity index (χ1) is 12.1. The molecule has 0 aromatic heterocycles. The van der Waals surface area contributed by atoms with Crippen LogP contribution in [0, 0.1) is 11.3 Å². The number of rotatable bonds is 7. The molecule has 0 heterocycles. The molecule has 0 aliphatic rings. The lowest BCUT2D eigenvalue weighted by Gasteiger charge is -2.45. The van der Waals surface area contributed by atoms with Gasteiger partial charge in [0.2, 0.25) is 5.41 Å². The van der Waals surface area contributed by atoms with Crippen LogP contribution >= 0.6 is 0 Å². The fourth-order valence-corrected chi connectivity index (χ4v) is 2.02. The van der Waals surface area contributed by atoms with Crippen LogP contribution in [0.25, 0.3) is 0 Å². The molecule has 168 valence electrons. The Balaban J connectivity index is 6.41. The third-order valence-corrected chi connectivity index (χ3v) is 3.99. The van der Waals surface area contributed by atoms with Crippen molar-refractivity contribution in [2.45, 2.75) is 57.1 Å². The summed E-state index contributed by atoms with van der Waals surface area (Å²) in [5, 5.41) is 0. The molecular formula is C13H13F13O2. The molecular weight excluding hydrogens is 435 g/mol. The molecule has 2 nitrogen and oxygen atoms in total. The summed E-state index contributed by atoms with van der Waals surface area (Å²) in [7, 11) is 0. The highest BCUT2D eigenvalue weighted by Crippen LogP contribution is 2.66. The molecule has 0 bridgehead atoms. The van der Waals surface area contributed by atoms with E-state index >= 15 is 0 Å².